The first-order valence-corrected chi connectivity index (χ1v) is 3.29. The van der Waals surface area contributed by atoms with Crippen molar-refractivity contribution in [1.29, 1.82) is 0 Å². The number of aromatic carboxylic acids is 1. The Labute approximate surface area is 64.9 Å². The summed E-state index contributed by atoms with van der Waals surface area (Å²) in [5.41, 5.74) is 1.12. The van der Waals surface area contributed by atoms with Gasteiger partial charge >= 0.3 is 0 Å². The van der Waals surface area contributed by atoms with Crippen LogP contribution in [0.1, 0.15) is 16.1 Å². The van der Waals surface area contributed by atoms with Gasteiger partial charge in [-0.15, -0.1) is 0 Å². The Morgan fingerprint density at radius 2 is 2.27 bits per heavy atom. The number of carbonyl (C=O) groups excluding carboxylic acids is 1. The molecule has 0 spiro atoms. The minimum Gasteiger partial charge on any atom is -0.545 e. The molecule has 11 heavy (non-hydrogen) atoms. The molecule has 0 aliphatic carbocycles. The van der Waals surface area contributed by atoms with Crippen LogP contribution < -0.4 is 9.67 Å². The molecule has 0 atom stereocenters. The highest BCUT2D eigenvalue weighted by Gasteiger charge is 2.01. The van der Waals surface area contributed by atoms with Crippen LogP contribution in [-0.4, -0.2) is 5.97 Å². The van der Waals surface area contributed by atoms with E-state index in [0.29, 0.717) is 0 Å². The third-order valence-corrected chi connectivity index (χ3v) is 1.63. The van der Waals surface area contributed by atoms with Gasteiger partial charge in [-0.1, -0.05) is 0 Å². The van der Waals surface area contributed by atoms with Crippen LogP contribution in [0.25, 0.3) is 0 Å². The SMILES string of the molecule is Cc1cc(C(=O)[O-])cc[n+]1C. The number of carboxylic acid groups (broad SMARTS) is 1. The highest BCUT2D eigenvalue weighted by atomic mass is 16.4. The van der Waals surface area contributed by atoms with Gasteiger partial charge in [0.15, 0.2) is 11.9 Å². The van der Waals surface area contributed by atoms with E-state index < -0.39 is 5.97 Å². The average molecular weight is 151 g/mol. The van der Waals surface area contributed by atoms with Gasteiger partial charge in [-0.2, -0.15) is 0 Å². The fraction of sp³-hybridized carbons (Fsp3) is 0.250. The van der Waals surface area contributed by atoms with E-state index in [1.807, 2.05) is 18.5 Å². The monoisotopic (exact) mass is 151 g/mol. The summed E-state index contributed by atoms with van der Waals surface area (Å²) in [7, 11) is 1.86. The third-order valence-electron chi connectivity index (χ3n) is 1.63. The molecule has 3 nitrogen and oxygen atoms in total. The number of carbonyl (C=O) groups is 1. The van der Waals surface area contributed by atoms with Crippen molar-refractivity contribution in [2.24, 2.45) is 7.05 Å². The number of hydrogen-bond acceptors (Lipinski definition) is 2. The van der Waals surface area contributed by atoms with Crippen LogP contribution in [0.3, 0.4) is 0 Å². The van der Waals surface area contributed by atoms with E-state index in [4.69, 9.17) is 0 Å². The molecule has 1 aromatic rings. The second-order valence-corrected chi connectivity index (χ2v) is 2.46. The summed E-state index contributed by atoms with van der Waals surface area (Å²) in [6.45, 7) is 1.84. The first-order valence-electron chi connectivity index (χ1n) is 3.29. The average Bonchev–Trinajstić information content (AvgIpc) is 1.94. The maximum Gasteiger partial charge on any atom is 0.178 e. The molecule has 0 amide bonds. The van der Waals surface area contributed by atoms with Gasteiger partial charge in [-0.3, -0.25) is 0 Å². The van der Waals surface area contributed by atoms with Crippen LogP contribution >= 0.6 is 0 Å². The molecule has 58 valence electrons. The number of hydrogen-bond donors (Lipinski definition) is 0. The molecule has 0 radical (unpaired) electrons. The molecule has 0 aliphatic heterocycles. The van der Waals surface area contributed by atoms with E-state index in [2.05, 4.69) is 0 Å². The molecule has 3 heteroatoms. The number of aromatic nitrogens is 1. The molecule has 0 fully saturated rings. The molecule has 1 rings (SSSR count). The summed E-state index contributed by atoms with van der Waals surface area (Å²) >= 11 is 0. The lowest BCUT2D eigenvalue weighted by Crippen LogP contribution is -2.33. The Balaban J connectivity index is 3.15. The smallest absolute Gasteiger partial charge is 0.178 e. The largest absolute Gasteiger partial charge is 0.545 e. The van der Waals surface area contributed by atoms with E-state index in [0.717, 1.165) is 5.69 Å². The second-order valence-electron chi connectivity index (χ2n) is 2.46. The summed E-state index contributed by atoms with van der Waals surface area (Å²) in [6, 6.07) is 3.09. The Hall–Kier alpha value is -1.38. The zero-order valence-corrected chi connectivity index (χ0v) is 6.50. The number of aryl methyl sites for hydroxylation is 2. The molecule has 0 saturated carbocycles. The lowest BCUT2D eigenvalue weighted by atomic mass is 10.2. The van der Waals surface area contributed by atoms with Gasteiger partial charge in [-0.25, -0.2) is 4.57 Å². The number of rotatable bonds is 1. The predicted molar refractivity (Wildman–Crippen MR) is 36.7 cm³/mol. The van der Waals surface area contributed by atoms with Crippen molar-refractivity contribution in [3.05, 3.63) is 29.6 Å². The van der Waals surface area contributed by atoms with E-state index in [1.54, 1.807) is 12.3 Å². The molecule has 0 saturated heterocycles. The topological polar surface area (TPSA) is 44.0 Å². The standard InChI is InChI=1S/C8H9NO2/c1-6-5-7(8(10)11)3-4-9(6)2/h3-5H,1-2H3. The predicted octanol–water partition coefficient (Wildman–Crippen LogP) is -0.817. The lowest BCUT2D eigenvalue weighted by Gasteiger charge is -2.00. The van der Waals surface area contributed by atoms with Crippen molar-refractivity contribution >= 4 is 5.97 Å². The van der Waals surface area contributed by atoms with Gasteiger partial charge in [0.25, 0.3) is 0 Å². The third kappa shape index (κ3) is 1.55. The van der Waals surface area contributed by atoms with Gasteiger partial charge in [0.2, 0.25) is 0 Å². The molecule has 0 bridgehead atoms. The number of pyridine rings is 1. The van der Waals surface area contributed by atoms with E-state index in [-0.39, 0.29) is 5.56 Å². The normalized spacial score (nSPS) is 9.64. The minimum atomic E-state index is -1.13. The molecule has 1 aromatic heterocycles. The van der Waals surface area contributed by atoms with Gasteiger partial charge in [0, 0.05) is 24.6 Å². The highest BCUT2D eigenvalue weighted by Crippen LogP contribution is 1.96. The molecule has 0 N–H and O–H groups in total. The van der Waals surface area contributed by atoms with Gasteiger partial charge in [0.05, 0.1) is 5.97 Å². The molecule has 0 aliphatic rings. The lowest BCUT2D eigenvalue weighted by molar-refractivity contribution is -0.677. The van der Waals surface area contributed by atoms with Crippen LogP contribution in [0, 0.1) is 6.92 Å². The van der Waals surface area contributed by atoms with Gasteiger partial charge in [-0.05, 0) is 0 Å². The Morgan fingerprint density at radius 1 is 1.64 bits per heavy atom. The first kappa shape index (κ1) is 7.72. The van der Waals surface area contributed by atoms with Crippen LogP contribution in [0.5, 0.6) is 0 Å². The Bertz CT molecular complexity index is 294. The maximum absolute atomic E-state index is 10.3. The summed E-state index contributed by atoms with van der Waals surface area (Å²) in [4.78, 5) is 10.3. The van der Waals surface area contributed by atoms with Crippen LogP contribution in [-0.2, 0) is 7.05 Å². The van der Waals surface area contributed by atoms with Crippen LogP contribution in [0.2, 0.25) is 0 Å². The van der Waals surface area contributed by atoms with Crippen molar-refractivity contribution in [2.75, 3.05) is 0 Å². The molecular formula is C8H9NO2. The molecule has 1 heterocycles. The van der Waals surface area contributed by atoms with Crippen molar-refractivity contribution in [3.8, 4) is 0 Å². The highest BCUT2D eigenvalue weighted by molar-refractivity contribution is 5.85. The number of carboxylic acids is 1. The van der Waals surface area contributed by atoms with E-state index in [1.165, 1.54) is 6.07 Å². The summed E-state index contributed by atoms with van der Waals surface area (Å²) < 4.78 is 1.84. The van der Waals surface area contributed by atoms with Gasteiger partial charge < -0.3 is 9.90 Å². The zero-order valence-electron chi connectivity index (χ0n) is 6.50. The quantitative estimate of drug-likeness (QED) is 0.492. The maximum atomic E-state index is 10.3. The van der Waals surface area contributed by atoms with Crippen molar-refractivity contribution in [1.82, 2.24) is 0 Å². The van der Waals surface area contributed by atoms with Crippen molar-refractivity contribution in [2.45, 2.75) is 6.92 Å². The van der Waals surface area contributed by atoms with Crippen LogP contribution in [0.15, 0.2) is 18.3 Å². The summed E-state index contributed by atoms with van der Waals surface area (Å²) in [5.74, 6) is -1.13. The van der Waals surface area contributed by atoms with E-state index >= 15 is 0 Å². The Kier molecular flexibility index (Phi) is 1.89. The van der Waals surface area contributed by atoms with Crippen molar-refractivity contribution in [3.63, 3.8) is 0 Å². The fourth-order valence-corrected chi connectivity index (χ4v) is 0.812. The fourth-order valence-electron chi connectivity index (χ4n) is 0.812. The van der Waals surface area contributed by atoms with Gasteiger partial charge in [0.1, 0.15) is 7.05 Å². The molecule has 0 unspecified atom stereocenters. The first-order chi connectivity index (χ1) is 5.11. The summed E-state index contributed by atoms with van der Waals surface area (Å²) in [6.07, 6.45) is 1.69. The van der Waals surface area contributed by atoms with Crippen molar-refractivity contribution < 1.29 is 14.5 Å². The zero-order chi connectivity index (χ0) is 8.43. The molecule has 0 aromatic carbocycles. The Morgan fingerprint density at radius 3 is 2.73 bits per heavy atom. The minimum absolute atomic E-state index is 0.223. The van der Waals surface area contributed by atoms with E-state index in [9.17, 15) is 9.90 Å². The molecular weight excluding hydrogens is 142 g/mol. The van der Waals surface area contributed by atoms with Crippen LogP contribution in [0.4, 0.5) is 0 Å². The second kappa shape index (κ2) is 2.70. The number of nitrogens with zero attached hydrogens (tertiary/aromatic N) is 1. The summed E-state index contributed by atoms with van der Waals surface area (Å²) in [5, 5.41) is 10.3.